The minimum Gasteiger partial charge on any atom is -0.462 e. The largest absolute Gasteiger partial charge is 0.462 e. The van der Waals surface area contributed by atoms with Crippen LogP contribution in [0.2, 0.25) is 0 Å². The highest BCUT2D eigenvalue weighted by Crippen LogP contribution is 2.45. The van der Waals surface area contributed by atoms with Crippen molar-refractivity contribution in [3.63, 3.8) is 0 Å². The number of anilines is 1. The number of amides is 1. The Hall–Kier alpha value is -4.45. The number of allylic oxidation sites excluding steroid dienone is 1. The molecule has 44 heavy (non-hydrogen) atoms. The summed E-state index contributed by atoms with van der Waals surface area (Å²) in [6.07, 6.45) is 5.26. The summed E-state index contributed by atoms with van der Waals surface area (Å²) < 4.78 is 5.95. The highest BCUT2D eigenvalue weighted by atomic mass is 16.5. The third-order valence-corrected chi connectivity index (χ3v) is 9.10. The van der Waals surface area contributed by atoms with Gasteiger partial charge in [-0.3, -0.25) is 19.4 Å². The lowest BCUT2D eigenvalue weighted by Crippen LogP contribution is -2.63. The van der Waals surface area contributed by atoms with Crippen LogP contribution < -0.4 is 15.5 Å². The molecule has 5 rings (SSSR count). The summed E-state index contributed by atoms with van der Waals surface area (Å²) in [6, 6.07) is 16.6. The number of benzene rings is 2. The summed E-state index contributed by atoms with van der Waals surface area (Å²) in [5.41, 5.74) is 3.39. The first-order valence-corrected chi connectivity index (χ1v) is 15.4. The van der Waals surface area contributed by atoms with E-state index in [1.807, 2.05) is 39.0 Å². The standard InChI is InChI=1S/C35H41N5O4/c1-23-8-15-31(41)35(23,21-44-33(43)34(2,3)4)40(29-13-14-30-27(17-29)20-37-22-39-30)28-11-9-26(10-12-28)32(42)38-19-25-7-5-6-24(16-25)18-36/h5-7,9-12,16,22-23,29H,8,13-15,17,19-21H2,1-4H3,(H,37,39)(H,38,42). The lowest BCUT2D eigenvalue weighted by atomic mass is 9.80. The first-order valence-electron chi connectivity index (χ1n) is 15.4. The van der Waals surface area contributed by atoms with Gasteiger partial charge in [0.2, 0.25) is 0 Å². The van der Waals surface area contributed by atoms with Gasteiger partial charge in [0.05, 0.1) is 29.9 Å². The summed E-state index contributed by atoms with van der Waals surface area (Å²) in [4.78, 5) is 46.7. The molecule has 0 spiro atoms. The number of hydrogen-bond acceptors (Lipinski definition) is 8. The van der Waals surface area contributed by atoms with Crippen LogP contribution in [0.25, 0.3) is 0 Å². The van der Waals surface area contributed by atoms with Gasteiger partial charge in [0.25, 0.3) is 5.91 Å². The number of aliphatic imine (C=N–C) groups is 1. The first-order chi connectivity index (χ1) is 21.0. The maximum Gasteiger partial charge on any atom is 0.311 e. The molecule has 9 heteroatoms. The fourth-order valence-corrected chi connectivity index (χ4v) is 6.54. The van der Waals surface area contributed by atoms with Gasteiger partial charge in [0.1, 0.15) is 12.1 Å². The lowest BCUT2D eigenvalue weighted by Gasteiger charge is -2.50. The number of Topliss-reactive ketones (excluding diaryl/α,β-unsaturated/α-hetero) is 1. The molecule has 9 nitrogen and oxygen atoms in total. The number of ketones is 1. The van der Waals surface area contributed by atoms with E-state index >= 15 is 0 Å². The van der Waals surface area contributed by atoms with Gasteiger partial charge in [-0.1, -0.05) is 19.1 Å². The van der Waals surface area contributed by atoms with Gasteiger partial charge in [-0.2, -0.15) is 5.26 Å². The Morgan fingerprint density at radius 3 is 2.61 bits per heavy atom. The van der Waals surface area contributed by atoms with E-state index < -0.39 is 11.0 Å². The molecular formula is C35H41N5O4. The molecule has 1 amide bonds. The quantitative estimate of drug-likeness (QED) is 0.409. The van der Waals surface area contributed by atoms with E-state index in [4.69, 9.17) is 10.00 Å². The van der Waals surface area contributed by atoms with Crippen LogP contribution in [0.1, 0.15) is 81.3 Å². The van der Waals surface area contributed by atoms with Crippen LogP contribution in [0.4, 0.5) is 5.69 Å². The summed E-state index contributed by atoms with van der Waals surface area (Å²) in [5.74, 6) is -0.542. The minimum absolute atomic E-state index is 0.0197. The van der Waals surface area contributed by atoms with Crippen LogP contribution in [-0.2, 0) is 20.9 Å². The van der Waals surface area contributed by atoms with E-state index in [0.717, 1.165) is 30.5 Å². The number of esters is 1. The van der Waals surface area contributed by atoms with Crippen molar-refractivity contribution in [2.75, 3.05) is 18.1 Å². The number of rotatable bonds is 8. The smallest absolute Gasteiger partial charge is 0.311 e. The predicted molar refractivity (Wildman–Crippen MR) is 169 cm³/mol. The molecular weight excluding hydrogens is 554 g/mol. The van der Waals surface area contributed by atoms with Crippen molar-refractivity contribution in [1.82, 2.24) is 10.6 Å². The van der Waals surface area contributed by atoms with Gasteiger partial charge in [0, 0.05) is 36.0 Å². The van der Waals surface area contributed by atoms with Crippen LogP contribution in [0, 0.1) is 22.7 Å². The third kappa shape index (κ3) is 6.26. The highest BCUT2D eigenvalue weighted by molar-refractivity contribution is 5.96. The lowest BCUT2D eigenvalue weighted by molar-refractivity contribution is -0.156. The number of nitriles is 1. The molecule has 2 N–H and O–H groups in total. The zero-order chi connectivity index (χ0) is 31.5. The van der Waals surface area contributed by atoms with Gasteiger partial charge >= 0.3 is 5.97 Å². The first kappa shape index (κ1) is 31.0. The van der Waals surface area contributed by atoms with Gasteiger partial charge in [0.15, 0.2) is 5.78 Å². The monoisotopic (exact) mass is 595 g/mol. The van der Waals surface area contributed by atoms with E-state index in [-0.39, 0.29) is 36.2 Å². The second-order valence-corrected chi connectivity index (χ2v) is 13.1. The van der Waals surface area contributed by atoms with Gasteiger partial charge in [-0.15, -0.1) is 0 Å². The normalized spacial score (nSPS) is 22.9. The molecule has 2 aromatic carbocycles. The van der Waals surface area contributed by atoms with Gasteiger partial charge in [-0.25, -0.2) is 0 Å². The molecule has 0 aromatic heterocycles. The van der Waals surface area contributed by atoms with Crippen molar-refractivity contribution in [3.8, 4) is 6.07 Å². The van der Waals surface area contributed by atoms with Crippen molar-refractivity contribution in [3.05, 3.63) is 76.5 Å². The fourth-order valence-electron chi connectivity index (χ4n) is 6.54. The topological polar surface area (TPSA) is 124 Å². The number of nitrogens with one attached hydrogen (secondary N) is 2. The average molecular weight is 596 g/mol. The van der Waals surface area contributed by atoms with E-state index in [2.05, 4.69) is 33.5 Å². The van der Waals surface area contributed by atoms with E-state index in [9.17, 15) is 14.4 Å². The Kier molecular flexibility index (Phi) is 8.91. The molecule has 0 saturated heterocycles. The number of carbonyl (C=O) groups is 3. The summed E-state index contributed by atoms with van der Waals surface area (Å²) in [7, 11) is 0. The Labute approximate surface area is 259 Å². The maximum absolute atomic E-state index is 14.0. The Balaban J connectivity index is 1.46. The molecule has 3 aliphatic rings. The van der Waals surface area contributed by atoms with E-state index in [1.54, 1.807) is 36.7 Å². The summed E-state index contributed by atoms with van der Waals surface area (Å²) in [6.45, 7) is 8.42. The molecule has 1 saturated carbocycles. The predicted octanol–water partition coefficient (Wildman–Crippen LogP) is 5.06. The van der Waals surface area contributed by atoms with E-state index in [0.29, 0.717) is 37.1 Å². The number of ether oxygens (including phenoxy) is 1. The SMILES string of the molecule is CC1CCC(=O)C1(COC(=O)C(C)(C)C)N(c1ccc(C(=O)NCc2cccc(C#N)c2)cc1)C1CCC2=C(CN=CN2)C1. The molecule has 2 aliphatic carbocycles. The molecule has 1 aliphatic heterocycles. The second-order valence-electron chi connectivity index (χ2n) is 13.1. The summed E-state index contributed by atoms with van der Waals surface area (Å²) in [5, 5.41) is 15.4. The van der Waals surface area contributed by atoms with Crippen LogP contribution in [0.3, 0.4) is 0 Å². The minimum atomic E-state index is -1.02. The van der Waals surface area contributed by atoms with Crippen LogP contribution in [-0.4, -0.2) is 48.7 Å². The molecule has 3 unspecified atom stereocenters. The van der Waals surface area contributed by atoms with Gasteiger partial charge < -0.3 is 20.3 Å². The van der Waals surface area contributed by atoms with Crippen molar-refractivity contribution in [1.29, 1.82) is 5.26 Å². The third-order valence-electron chi connectivity index (χ3n) is 9.10. The highest BCUT2D eigenvalue weighted by Gasteiger charge is 2.55. The number of carbonyl (C=O) groups excluding carboxylic acids is 3. The van der Waals surface area contributed by atoms with E-state index in [1.165, 1.54) is 11.3 Å². The van der Waals surface area contributed by atoms with Crippen LogP contribution in [0.15, 0.2) is 64.8 Å². The average Bonchev–Trinajstić information content (AvgIpc) is 3.31. The van der Waals surface area contributed by atoms with Crippen LogP contribution in [0.5, 0.6) is 0 Å². The van der Waals surface area contributed by atoms with Gasteiger partial charge in [-0.05, 0) is 99.9 Å². The molecule has 1 heterocycles. The molecule has 3 atom stereocenters. The maximum atomic E-state index is 14.0. The summed E-state index contributed by atoms with van der Waals surface area (Å²) >= 11 is 0. The molecule has 2 aromatic rings. The molecule has 230 valence electrons. The number of hydrogen-bond donors (Lipinski definition) is 2. The molecule has 1 fully saturated rings. The van der Waals surface area contributed by atoms with Crippen molar-refractivity contribution >= 4 is 29.7 Å². The van der Waals surface area contributed by atoms with Crippen molar-refractivity contribution in [2.45, 2.75) is 77.9 Å². The Morgan fingerprint density at radius 1 is 1.16 bits per heavy atom. The van der Waals surface area contributed by atoms with Crippen molar-refractivity contribution < 1.29 is 19.1 Å². The fraction of sp³-hybridized carbons (Fsp3) is 0.457. The zero-order valence-electron chi connectivity index (χ0n) is 26.0. The van der Waals surface area contributed by atoms with Crippen molar-refractivity contribution in [2.24, 2.45) is 16.3 Å². The molecule has 0 bridgehead atoms. The Morgan fingerprint density at radius 2 is 1.93 bits per heavy atom. The zero-order valence-corrected chi connectivity index (χ0v) is 26.0. The van der Waals surface area contributed by atoms with Crippen LogP contribution >= 0.6 is 0 Å². The molecule has 0 radical (unpaired) electrons. The Bertz CT molecular complexity index is 1530. The number of nitrogens with zero attached hydrogens (tertiary/aromatic N) is 3. The second kappa shape index (κ2) is 12.7.